The second-order valence-electron chi connectivity index (χ2n) is 6.50. The van der Waals surface area contributed by atoms with Crippen LogP contribution in [0.25, 0.3) is 0 Å². The first-order valence-corrected chi connectivity index (χ1v) is 8.65. The van der Waals surface area contributed by atoms with E-state index in [4.69, 9.17) is 9.47 Å². The summed E-state index contributed by atoms with van der Waals surface area (Å²) in [4.78, 5) is 14.7. The number of ether oxygens (including phenoxy) is 2. The van der Waals surface area contributed by atoms with Gasteiger partial charge in [0.25, 0.3) is 0 Å². The van der Waals surface area contributed by atoms with Crippen molar-refractivity contribution in [1.82, 2.24) is 10.6 Å². The van der Waals surface area contributed by atoms with Crippen molar-refractivity contribution in [2.45, 2.75) is 37.5 Å². The summed E-state index contributed by atoms with van der Waals surface area (Å²) >= 11 is 0. The lowest BCUT2D eigenvalue weighted by atomic mass is 10.0. The predicted molar refractivity (Wildman–Crippen MR) is 93.6 cm³/mol. The van der Waals surface area contributed by atoms with Gasteiger partial charge in [0.05, 0.1) is 24.9 Å². The van der Waals surface area contributed by atoms with Crippen LogP contribution >= 0.6 is 0 Å². The summed E-state index contributed by atoms with van der Waals surface area (Å²) in [6, 6.07) is 8.21. The highest BCUT2D eigenvalue weighted by Crippen LogP contribution is 2.29. The van der Waals surface area contributed by atoms with Crippen molar-refractivity contribution in [2.75, 3.05) is 38.8 Å². The lowest BCUT2D eigenvalue weighted by Crippen LogP contribution is -2.49. The van der Waals surface area contributed by atoms with Crippen LogP contribution in [0.5, 0.6) is 5.75 Å². The number of anilines is 1. The fraction of sp³-hybridized carbons (Fsp3) is 0.611. The van der Waals surface area contributed by atoms with Gasteiger partial charge in [-0.05, 0) is 31.4 Å². The quantitative estimate of drug-likeness (QED) is 0.847. The summed E-state index contributed by atoms with van der Waals surface area (Å²) in [6.45, 7) is 2.59. The molecule has 2 atom stereocenters. The highest BCUT2D eigenvalue weighted by atomic mass is 16.5. The maximum absolute atomic E-state index is 12.4. The average Bonchev–Trinajstić information content (AvgIpc) is 3.12. The Bertz CT molecular complexity index is 558. The normalized spacial score (nSPS) is 24.8. The smallest absolute Gasteiger partial charge is 0.237 e. The van der Waals surface area contributed by atoms with Gasteiger partial charge >= 0.3 is 0 Å². The summed E-state index contributed by atoms with van der Waals surface area (Å²) in [5.41, 5.74) is 1.13. The van der Waals surface area contributed by atoms with Crippen LogP contribution in [0.2, 0.25) is 0 Å². The van der Waals surface area contributed by atoms with Gasteiger partial charge < -0.3 is 25.0 Å². The SMILES string of the molecule is COc1ccccc1N1CCC(NC(=O)[C@@H]2C[C@H](OC)CN2)CC1. The number of para-hydroxylation sites is 2. The fourth-order valence-electron chi connectivity index (χ4n) is 3.54. The third kappa shape index (κ3) is 3.82. The van der Waals surface area contributed by atoms with Crippen LogP contribution in [-0.4, -0.2) is 57.9 Å². The van der Waals surface area contributed by atoms with Gasteiger partial charge in [-0.25, -0.2) is 0 Å². The van der Waals surface area contributed by atoms with Crippen LogP contribution in [0.1, 0.15) is 19.3 Å². The van der Waals surface area contributed by atoms with E-state index in [1.54, 1.807) is 14.2 Å². The summed E-state index contributed by atoms with van der Waals surface area (Å²) in [7, 11) is 3.40. The summed E-state index contributed by atoms with van der Waals surface area (Å²) < 4.78 is 10.8. The number of hydrogen-bond donors (Lipinski definition) is 2. The van der Waals surface area contributed by atoms with Gasteiger partial charge in [-0.15, -0.1) is 0 Å². The molecule has 132 valence electrons. The lowest BCUT2D eigenvalue weighted by molar-refractivity contribution is -0.123. The van der Waals surface area contributed by atoms with E-state index in [1.807, 2.05) is 18.2 Å². The van der Waals surface area contributed by atoms with Gasteiger partial charge in [-0.1, -0.05) is 12.1 Å². The van der Waals surface area contributed by atoms with E-state index in [2.05, 4.69) is 21.6 Å². The Balaban J connectivity index is 1.49. The molecule has 6 nitrogen and oxygen atoms in total. The molecule has 2 aliphatic heterocycles. The molecule has 0 spiro atoms. The molecule has 0 radical (unpaired) electrons. The maximum Gasteiger partial charge on any atom is 0.237 e. The maximum atomic E-state index is 12.4. The van der Waals surface area contributed by atoms with Crippen molar-refractivity contribution in [3.05, 3.63) is 24.3 Å². The lowest BCUT2D eigenvalue weighted by Gasteiger charge is -2.35. The minimum absolute atomic E-state index is 0.102. The molecular formula is C18H27N3O3. The van der Waals surface area contributed by atoms with Crippen LogP contribution < -0.4 is 20.3 Å². The van der Waals surface area contributed by atoms with E-state index in [1.165, 1.54) is 0 Å². The van der Waals surface area contributed by atoms with Crippen molar-refractivity contribution in [2.24, 2.45) is 0 Å². The van der Waals surface area contributed by atoms with Crippen molar-refractivity contribution in [1.29, 1.82) is 0 Å². The Morgan fingerprint density at radius 1 is 1.25 bits per heavy atom. The number of rotatable bonds is 5. The van der Waals surface area contributed by atoms with E-state index < -0.39 is 0 Å². The molecule has 2 N–H and O–H groups in total. The van der Waals surface area contributed by atoms with E-state index in [0.29, 0.717) is 0 Å². The summed E-state index contributed by atoms with van der Waals surface area (Å²) in [6.07, 6.45) is 2.80. The molecule has 2 fully saturated rings. The van der Waals surface area contributed by atoms with E-state index in [-0.39, 0.29) is 24.1 Å². The van der Waals surface area contributed by atoms with E-state index in [9.17, 15) is 4.79 Å². The van der Waals surface area contributed by atoms with Gasteiger partial charge in [0.2, 0.25) is 5.91 Å². The number of carbonyl (C=O) groups excluding carboxylic acids is 1. The minimum atomic E-state index is -0.123. The summed E-state index contributed by atoms with van der Waals surface area (Å²) in [5, 5.41) is 6.42. The van der Waals surface area contributed by atoms with E-state index in [0.717, 1.165) is 50.3 Å². The molecule has 2 saturated heterocycles. The number of benzene rings is 1. The van der Waals surface area contributed by atoms with Crippen LogP contribution in [0.4, 0.5) is 5.69 Å². The molecule has 24 heavy (non-hydrogen) atoms. The Hall–Kier alpha value is -1.79. The second kappa shape index (κ2) is 7.85. The Kier molecular flexibility index (Phi) is 5.58. The number of carbonyl (C=O) groups is 1. The molecule has 0 unspecified atom stereocenters. The molecule has 0 bridgehead atoms. The standard InChI is InChI=1S/C18H27N3O3/c1-23-14-11-15(19-12-14)18(22)20-13-7-9-21(10-8-13)16-5-3-4-6-17(16)24-2/h3-6,13-15,19H,7-12H2,1-2H3,(H,20,22)/t14-,15-/m0/s1. The Morgan fingerprint density at radius 2 is 2.00 bits per heavy atom. The molecule has 0 aromatic heterocycles. The van der Waals surface area contributed by atoms with Gasteiger partial charge in [-0.3, -0.25) is 4.79 Å². The van der Waals surface area contributed by atoms with Gasteiger partial charge in [0, 0.05) is 32.8 Å². The first kappa shape index (κ1) is 17.0. The minimum Gasteiger partial charge on any atom is -0.495 e. The van der Waals surface area contributed by atoms with E-state index >= 15 is 0 Å². The number of amides is 1. The van der Waals surface area contributed by atoms with Crippen LogP contribution in [0, 0.1) is 0 Å². The van der Waals surface area contributed by atoms with Crippen molar-refractivity contribution >= 4 is 11.6 Å². The molecular weight excluding hydrogens is 306 g/mol. The summed E-state index contributed by atoms with van der Waals surface area (Å²) in [5.74, 6) is 1.01. The first-order chi connectivity index (χ1) is 11.7. The molecule has 1 aromatic rings. The third-order valence-electron chi connectivity index (χ3n) is 5.01. The first-order valence-electron chi connectivity index (χ1n) is 8.65. The fourth-order valence-corrected chi connectivity index (χ4v) is 3.54. The van der Waals surface area contributed by atoms with Crippen LogP contribution in [-0.2, 0) is 9.53 Å². The van der Waals surface area contributed by atoms with Crippen LogP contribution in [0.3, 0.4) is 0 Å². The van der Waals surface area contributed by atoms with Gasteiger partial charge in [0.1, 0.15) is 5.75 Å². The Labute approximate surface area is 143 Å². The highest BCUT2D eigenvalue weighted by molar-refractivity contribution is 5.82. The van der Waals surface area contributed by atoms with Gasteiger partial charge in [0.15, 0.2) is 0 Å². The largest absolute Gasteiger partial charge is 0.495 e. The zero-order valence-electron chi connectivity index (χ0n) is 14.5. The topological polar surface area (TPSA) is 62.8 Å². The molecule has 1 aromatic carbocycles. The van der Waals surface area contributed by atoms with Crippen molar-refractivity contribution in [3.8, 4) is 5.75 Å². The molecule has 0 saturated carbocycles. The van der Waals surface area contributed by atoms with Crippen molar-refractivity contribution in [3.63, 3.8) is 0 Å². The highest BCUT2D eigenvalue weighted by Gasteiger charge is 2.31. The van der Waals surface area contributed by atoms with Gasteiger partial charge in [-0.2, -0.15) is 0 Å². The number of piperidine rings is 1. The number of methoxy groups -OCH3 is 2. The molecule has 6 heteroatoms. The average molecular weight is 333 g/mol. The third-order valence-corrected chi connectivity index (χ3v) is 5.01. The zero-order chi connectivity index (χ0) is 16.9. The van der Waals surface area contributed by atoms with Crippen molar-refractivity contribution < 1.29 is 14.3 Å². The number of nitrogens with zero attached hydrogens (tertiary/aromatic N) is 1. The molecule has 1 amide bonds. The molecule has 2 heterocycles. The van der Waals surface area contributed by atoms with Crippen LogP contribution in [0.15, 0.2) is 24.3 Å². The predicted octanol–water partition coefficient (Wildman–Crippen LogP) is 1.16. The Morgan fingerprint density at radius 3 is 2.67 bits per heavy atom. The molecule has 0 aliphatic carbocycles. The molecule has 3 rings (SSSR count). The number of hydrogen-bond acceptors (Lipinski definition) is 5. The second-order valence-corrected chi connectivity index (χ2v) is 6.50. The molecule has 2 aliphatic rings. The zero-order valence-corrected chi connectivity index (χ0v) is 14.5. The monoisotopic (exact) mass is 333 g/mol. The number of nitrogens with one attached hydrogen (secondary N) is 2.